The second-order valence-electron chi connectivity index (χ2n) is 5.52. The number of aliphatic hydroxyl groups is 1. The average molecular weight is 271 g/mol. The first kappa shape index (κ1) is 15.0. The maximum atomic E-state index is 10.4. The molecule has 1 aromatic carbocycles. The van der Waals surface area contributed by atoms with Crippen molar-refractivity contribution in [3.63, 3.8) is 0 Å². The second kappa shape index (κ2) is 8.01. The zero-order chi connectivity index (χ0) is 14.2. The summed E-state index contributed by atoms with van der Waals surface area (Å²) in [6, 6.07) is 8.14. The first-order valence-corrected chi connectivity index (χ1v) is 7.83. The van der Waals surface area contributed by atoms with Crippen LogP contribution in [0.2, 0.25) is 0 Å². The highest BCUT2D eigenvalue weighted by Gasteiger charge is 2.11. The van der Waals surface area contributed by atoms with Gasteiger partial charge in [0, 0.05) is 23.3 Å². The lowest BCUT2D eigenvalue weighted by Gasteiger charge is -2.13. The van der Waals surface area contributed by atoms with E-state index in [9.17, 15) is 5.11 Å². The van der Waals surface area contributed by atoms with E-state index in [-0.39, 0.29) is 6.10 Å². The van der Waals surface area contributed by atoms with Gasteiger partial charge in [0.2, 0.25) is 0 Å². The van der Waals surface area contributed by atoms with Crippen molar-refractivity contribution < 1.29 is 5.11 Å². The van der Waals surface area contributed by atoms with Crippen LogP contribution in [0.4, 0.5) is 0 Å². The minimum Gasteiger partial charge on any atom is -0.388 e. The molecule has 0 amide bonds. The van der Waals surface area contributed by atoms with Crippen LogP contribution in [0.3, 0.4) is 0 Å². The van der Waals surface area contributed by atoms with Crippen LogP contribution < -0.4 is 0 Å². The molecule has 0 fully saturated rings. The lowest BCUT2D eigenvalue weighted by Crippen LogP contribution is -1.99. The molecule has 20 heavy (non-hydrogen) atoms. The first-order chi connectivity index (χ1) is 9.83. The SMILES string of the molecule is CCCCCCCCC(O)c1cncc2ccccc12. The maximum absolute atomic E-state index is 10.4. The van der Waals surface area contributed by atoms with E-state index in [4.69, 9.17) is 0 Å². The topological polar surface area (TPSA) is 33.1 Å². The smallest absolute Gasteiger partial charge is 0.0811 e. The zero-order valence-corrected chi connectivity index (χ0v) is 12.4. The van der Waals surface area contributed by atoms with E-state index in [0.717, 1.165) is 29.2 Å². The number of rotatable bonds is 8. The minimum atomic E-state index is -0.389. The van der Waals surface area contributed by atoms with E-state index in [1.807, 2.05) is 30.6 Å². The van der Waals surface area contributed by atoms with E-state index in [1.165, 1.54) is 32.1 Å². The van der Waals surface area contributed by atoms with Gasteiger partial charge in [-0.25, -0.2) is 0 Å². The van der Waals surface area contributed by atoms with E-state index in [2.05, 4.69) is 18.0 Å². The number of hydrogen-bond acceptors (Lipinski definition) is 2. The fourth-order valence-corrected chi connectivity index (χ4v) is 2.68. The molecule has 1 atom stereocenters. The molecule has 2 rings (SSSR count). The molecule has 0 saturated heterocycles. The van der Waals surface area contributed by atoms with E-state index in [0.29, 0.717) is 0 Å². The molecule has 0 radical (unpaired) electrons. The van der Waals surface area contributed by atoms with Gasteiger partial charge >= 0.3 is 0 Å². The average Bonchev–Trinajstić information content (AvgIpc) is 2.50. The lowest BCUT2D eigenvalue weighted by molar-refractivity contribution is 0.164. The fraction of sp³-hybridized carbons (Fsp3) is 0.500. The molecule has 2 nitrogen and oxygen atoms in total. The quantitative estimate of drug-likeness (QED) is 0.684. The Morgan fingerprint density at radius 3 is 2.60 bits per heavy atom. The Kier molecular flexibility index (Phi) is 6.00. The standard InChI is InChI=1S/C18H25NO/c1-2-3-4-5-6-7-12-18(20)17-14-19-13-15-10-8-9-11-16(15)17/h8-11,13-14,18,20H,2-7,12H2,1H3. The molecule has 0 spiro atoms. The molecule has 108 valence electrons. The Hall–Kier alpha value is -1.41. The van der Waals surface area contributed by atoms with Crippen LogP contribution in [0.15, 0.2) is 36.7 Å². The molecule has 2 aromatic rings. The van der Waals surface area contributed by atoms with Crippen molar-refractivity contribution in [3.05, 3.63) is 42.2 Å². The highest BCUT2D eigenvalue weighted by Crippen LogP contribution is 2.26. The molecule has 1 aromatic heterocycles. The van der Waals surface area contributed by atoms with Gasteiger partial charge in [0.1, 0.15) is 0 Å². The number of aliphatic hydroxyl groups excluding tert-OH is 1. The number of hydrogen-bond donors (Lipinski definition) is 1. The molecular formula is C18H25NO. The summed E-state index contributed by atoms with van der Waals surface area (Å²) in [5.41, 5.74) is 0.969. The third kappa shape index (κ3) is 4.04. The maximum Gasteiger partial charge on any atom is 0.0811 e. The molecule has 0 aliphatic heterocycles. The third-order valence-corrected chi connectivity index (χ3v) is 3.89. The summed E-state index contributed by atoms with van der Waals surface area (Å²) in [5, 5.41) is 12.6. The molecule has 0 aliphatic rings. The van der Waals surface area contributed by atoms with Gasteiger partial charge in [-0.05, 0) is 11.8 Å². The monoisotopic (exact) mass is 271 g/mol. The predicted molar refractivity (Wildman–Crippen MR) is 84.7 cm³/mol. The van der Waals surface area contributed by atoms with Crippen molar-refractivity contribution in [2.75, 3.05) is 0 Å². The van der Waals surface area contributed by atoms with Crippen molar-refractivity contribution in [2.45, 2.75) is 58.0 Å². The Labute approximate surface area is 121 Å². The van der Waals surface area contributed by atoms with Gasteiger partial charge in [0.25, 0.3) is 0 Å². The number of fused-ring (bicyclic) bond motifs is 1. The summed E-state index contributed by atoms with van der Waals surface area (Å²) in [7, 11) is 0. The summed E-state index contributed by atoms with van der Waals surface area (Å²) >= 11 is 0. The molecule has 1 unspecified atom stereocenters. The Balaban J connectivity index is 1.89. The second-order valence-corrected chi connectivity index (χ2v) is 5.52. The van der Waals surface area contributed by atoms with Crippen LogP contribution in [0.5, 0.6) is 0 Å². The van der Waals surface area contributed by atoms with E-state index >= 15 is 0 Å². The summed E-state index contributed by atoms with van der Waals surface area (Å²) in [5.74, 6) is 0. The highest BCUT2D eigenvalue weighted by atomic mass is 16.3. The van der Waals surface area contributed by atoms with Crippen molar-refractivity contribution in [1.29, 1.82) is 0 Å². The molecule has 0 bridgehead atoms. The Morgan fingerprint density at radius 1 is 1.00 bits per heavy atom. The van der Waals surface area contributed by atoms with Gasteiger partial charge in [0.05, 0.1) is 6.10 Å². The van der Waals surface area contributed by atoms with Gasteiger partial charge < -0.3 is 5.11 Å². The van der Waals surface area contributed by atoms with Crippen LogP contribution in [-0.2, 0) is 0 Å². The van der Waals surface area contributed by atoms with Crippen LogP contribution in [0.25, 0.3) is 10.8 Å². The minimum absolute atomic E-state index is 0.389. The van der Waals surface area contributed by atoms with Crippen LogP contribution in [0, 0.1) is 0 Å². The fourth-order valence-electron chi connectivity index (χ4n) is 2.68. The van der Waals surface area contributed by atoms with Gasteiger partial charge in [-0.1, -0.05) is 69.7 Å². The third-order valence-electron chi connectivity index (χ3n) is 3.89. The Bertz CT molecular complexity index is 518. The van der Waals surface area contributed by atoms with Gasteiger partial charge in [-0.2, -0.15) is 0 Å². The number of unbranched alkanes of at least 4 members (excludes halogenated alkanes) is 5. The van der Waals surface area contributed by atoms with Gasteiger partial charge in [-0.15, -0.1) is 0 Å². The summed E-state index contributed by atoms with van der Waals surface area (Å²) < 4.78 is 0. The summed E-state index contributed by atoms with van der Waals surface area (Å²) in [6.07, 6.45) is 11.6. The normalized spacial score (nSPS) is 12.7. The molecule has 1 N–H and O–H groups in total. The number of pyridine rings is 1. The molecule has 0 aliphatic carbocycles. The molecule has 2 heteroatoms. The van der Waals surface area contributed by atoms with Gasteiger partial charge in [-0.3, -0.25) is 4.98 Å². The largest absolute Gasteiger partial charge is 0.388 e. The highest BCUT2D eigenvalue weighted by molar-refractivity contribution is 5.84. The van der Waals surface area contributed by atoms with Crippen molar-refractivity contribution >= 4 is 10.8 Å². The Morgan fingerprint density at radius 2 is 1.75 bits per heavy atom. The lowest BCUT2D eigenvalue weighted by atomic mass is 9.99. The zero-order valence-electron chi connectivity index (χ0n) is 12.4. The van der Waals surface area contributed by atoms with E-state index in [1.54, 1.807) is 0 Å². The van der Waals surface area contributed by atoms with E-state index < -0.39 is 0 Å². The van der Waals surface area contributed by atoms with Crippen molar-refractivity contribution in [1.82, 2.24) is 4.98 Å². The van der Waals surface area contributed by atoms with Crippen molar-refractivity contribution in [3.8, 4) is 0 Å². The van der Waals surface area contributed by atoms with Gasteiger partial charge in [0.15, 0.2) is 0 Å². The van der Waals surface area contributed by atoms with Crippen LogP contribution in [0.1, 0.15) is 63.5 Å². The number of nitrogens with zero attached hydrogens (tertiary/aromatic N) is 1. The predicted octanol–water partition coefficient (Wildman–Crippen LogP) is 5.02. The summed E-state index contributed by atoms with van der Waals surface area (Å²) in [4.78, 5) is 4.24. The summed E-state index contributed by atoms with van der Waals surface area (Å²) in [6.45, 7) is 2.23. The molecule has 1 heterocycles. The molecule has 0 saturated carbocycles. The van der Waals surface area contributed by atoms with Crippen LogP contribution >= 0.6 is 0 Å². The van der Waals surface area contributed by atoms with Crippen molar-refractivity contribution in [2.24, 2.45) is 0 Å². The number of aromatic nitrogens is 1. The number of benzene rings is 1. The first-order valence-electron chi connectivity index (χ1n) is 7.83. The molecular weight excluding hydrogens is 246 g/mol. The van der Waals surface area contributed by atoms with Crippen LogP contribution in [-0.4, -0.2) is 10.1 Å².